The van der Waals surface area contributed by atoms with Crippen molar-refractivity contribution in [2.24, 2.45) is 5.92 Å². The van der Waals surface area contributed by atoms with Crippen LogP contribution in [0.25, 0.3) is 11.1 Å². The Balaban J connectivity index is 1.35. The minimum Gasteiger partial charge on any atom is -0.481 e. The van der Waals surface area contributed by atoms with Crippen molar-refractivity contribution in [1.29, 1.82) is 0 Å². The fraction of sp³-hybridized carbons (Fsp3) is 0.250. The van der Waals surface area contributed by atoms with Gasteiger partial charge in [0.25, 0.3) is 11.8 Å². The zero-order valence-corrected chi connectivity index (χ0v) is 20.0. The number of aliphatic hydroxyl groups excluding tert-OH is 1. The van der Waals surface area contributed by atoms with E-state index in [-0.39, 0.29) is 19.4 Å². The second-order valence-corrected chi connectivity index (χ2v) is 9.29. The number of hydrogen-bond acceptors (Lipinski definition) is 4. The molecule has 1 unspecified atom stereocenters. The third kappa shape index (κ3) is 5.45. The Hall–Kier alpha value is -3.48. The number of amides is 2. The number of aliphatic carboxylic acids is 1. The lowest BCUT2D eigenvalue weighted by Crippen LogP contribution is -2.36. The molecule has 0 spiro atoms. The highest BCUT2D eigenvalue weighted by Crippen LogP contribution is 2.26. The summed E-state index contributed by atoms with van der Waals surface area (Å²) in [7, 11) is 0. The summed E-state index contributed by atoms with van der Waals surface area (Å²) in [5.74, 6) is -3.09. The van der Waals surface area contributed by atoms with Crippen molar-refractivity contribution in [2.75, 3.05) is 6.54 Å². The highest BCUT2D eigenvalue weighted by atomic mass is 35.5. The molecule has 0 saturated heterocycles. The molecule has 7 heteroatoms. The molecule has 0 fully saturated rings. The molecule has 2 N–H and O–H groups in total. The highest BCUT2D eigenvalue weighted by Gasteiger charge is 2.37. The van der Waals surface area contributed by atoms with Crippen LogP contribution in [0.4, 0.5) is 0 Å². The minimum absolute atomic E-state index is 0.0174. The van der Waals surface area contributed by atoms with Gasteiger partial charge in [-0.2, -0.15) is 0 Å². The van der Waals surface area contributed by atoms with Gasteiger partial charge in [-0.15, -0.1) is 0 Å². The summed E-state index contributed by atoms with van der Waals surface area (Å²) in [6, 6.07) is 20.4. The lowest BCUT2D eigenvalue weighted by atomic mass is 9.93. The number of halogens is 1. The molecule has 2 amide bonds. The van der Waals surface area contributed by atoms with Crippen LogP contribution in [0.15, 0.2) is 66.7 Å². The number of hydrogen-bond donors (Lipinski definition) is 2. The highest BCUT2D eigenvalue weighted by molar-refractivity contribution is 6.30. The number of carboxylic acids is 1. The Bertz CT molecular complexity index is 1250. The van der Waals surface area contributed by atoms with Crippen molar-refractivity contribution in [1.82, 2.24) is 4.90 Å². The molecule has 0 aromatic heterocycles. The van der Waals surface area contributed by atoms with Crippen molar-refractivity contribution >= 4 is 29.4 Å². The molecule has 180 valence electrons. The number of fused-ring (bicyclic) bond motifs is 1. The van der Waals surface area contributed by atoms with E-state index < -0.39 is 29.8 Å². The van der Waals surface area contributed by atoms with Crippen LogP contribution < -0.4 is 0 Å². The van der Waals surface area contributed by atoms with Crippen LogP contribution in [0.2, 0.25) is 5.02 Å². The predicted molar refractivity (Wildman–Crippen MR) is 134 cm³/mol. The lowest BCUT2D eigenvalue weighted by Gasteiger charge is -2.22. The van der Waals surface area contributed by atoms with E-state index >= 15 is 0 Å². The molecule has 0 radical (unpaired) electrons. The molecule has 2 atom stereocenters. The zero-order valence-electron chi connectivity index (χ0n) is 19.3. The minimum atomic E-state index is -1.15. The second-order valence-electron chi connectivity index (χ2n) is 8.85. The first-order valence-corrected chi connectivity index (χ1v) is 11.8. The average molecular weight is 492 g/mol. The fourth-order valence-corrected chi connectivity index (χ4v) is 4.50. The van der Waals surface area contributed by atoms with Crippen molar-refractivity contribution in [3.8, 4) is 11.1 Å². The summed E-state index contributed by atoms with van der Waals surface area (Å²) in [6.45, 7) is 1.78. The first-order valence-electron chi connectivity index (χ1n) is 11.5. The largest absolute Gasteiger partial charge is 0.481 e. The van der Waals surface area contributed by atoms with E-state index in [2.05, 4.69) is 0 Å². The van der Waals surface area contributed by atoms with Gasteiger partial charge in [0.1, 0.15) is 0 Å². The lowest BCUT2D eigenvalue weighted by molar-refractivity contribution is -0.146. The Morgan fingerprint density at radius 2 is 1.49 bits per heavy atom. The van der Waals surface area contributed by atoms with Gasteiger partial charge in [-0.25, -0.2) is 0 Å². The van der Waals surface area contributed by atoms with Crippen LogP contribution in [-0.4, -0.2) is 45.5 Å². The SMILES string of the molecule is Cc1ccc2c(c1)C(=O)N(CCC(C(=O)O)[C@H](O)CCc1ccc(-c3ccc(Cl)cc3)cc1)C2=O. The van der Waals surface area contributed by atoms with E-state index in [1.165, 1.54) is 0 Å². The van der Waals surface area contributed by atoms with Crippen LogP contribution in [0.1, 0.15) is 44.7 Å². The number of imide groups is 1. The molecule has 1 aliphatic heterocycles. The quantitative estimate of drug-likeness (QED) is 0.411. The van der Waals surface area contributed by atoms with E-state index in [1.54, 1.807) is 18.2 Å². The van der Waals surface area contributed by atoms with Crippen LogP contribution in [0.5, 0.6) is 0 Å². The molecule has 3 aromatic rings. The smallest absolute Gasteiger partial charge is 0.309 e. The van der Waals surface area contributed by atoms with Gasteiger partial charge in [-0.1, -0.05) is 59.6 Å². The number of benzene rings is 3. The summed E-state index contributed by atoms with van der Waals surface area (Å²) < 4.78 is 0. The molecular formula is C28H26ClNO5. The molecule has 4 rings (SSSR count). The van der Waals surface area contributed by atoms with Crippen LogP contribution in [-0.2, 0) is 11.2 Å². The second kappa shape index (κ2) is 10.4. The summed E-state index contributed by atoms with van der Waals surface area (Å²) in [5.41, 5.74) is 4.58. The Morgan fingerprint density at radius 3 is 2.11 bits per heavy atom. The maximum absolute atomic E-state index is 12.7. The van der Waals surface area contributed by atoms with Gasteiger partial charge in [0.15, 0.2) is 0 Å². The number of aliphatic hydroxyl groups is 1. The van der Waals surface area contributed by atoms with Gasteiger partial charge in [-0.05, 0) is 67.1 Å². The van der Waals surface area contributed by atoms with Gasteiger partial charge in [0, 0.05) is 11.6 Å². The number of rotatable bonds is 9. The Kier molecular flexibility index (Phi) is 7.34. The first kappa shape index (κ1) is 24.6. The van der Waals surface area contributed by atoms with Crippen LogP contribution >= 0.6 is 11.6 Å². The van der Waals surface area contributed by atoms with E-state index in [0.717, 1.165) is 27.2 Å². The molecular weight excluding hydrogens is 466 g/mol. The molecule has 0 bridgehead atoms. The van der Waals surface area contributed by atoms with Gasteiger partial charge >= 0.3 is 5.97 Å². The number of carbonyl (C=O) groups is 3. The number of aryl methyl sites for hydroxylation is 2. The molecule has 1 aliphatic rings. The van der Waals surface area contributed by atoms with Gasteiger partial charge in [0.2, 0.25) is 0 Å². The third-order valence-electron chi connectivity index (χ3n) is 6.43. The molecule has 35 heavy (non-hydrogen) atoms. The van der Waals surface area contributed by atoms with Gasteiger partial charge < -0.3 is 10.2 Å². The van der Waals surface area contributed by atoms with Crippen molar-refractivity contribution in [2.45, 2.75) is 32.3 Å². The zero-order chi connectivity index (χ0) is 25.1. The normalized spacial score (nSPS) is 14.7. The Morgan fingerprint density at radius 1 is 0.886 bits per heavy atom. The average Bonchev–Trinajstić information content (AvgIpc) is 3.07. The summed E-state index contributed by atoms with van der Waals surface area (Å²) in [4.78, 5) is 38.2. The summed E-state index contributed by atoms with van der Waals surface area (Å²) >= 11 is 5.94. The molecule has 3 aromatic carbocycles. The topological polar surface area (TPSA) is 94.9 Å². The summed E-state index contributed by atoms with van der Waals surface area (Å²) in [6.07, 6.45) is -0.381. The number of nitrogens with zero attached hydrogens (tertiary/aromatic N) is 1. The Labute approximate surface area is 208 Å². The summed E-state index contributed by atoms with van der Waals surface area (Å²) in [5, 5.41) is 21.0. The molecule has 1 heterocycles. The van der Waals surface area contributed by atoms with Crippen LogP contribution in [0, 0.1) is 12.8 Å². The maximum Gasteiger partial charge on any atom is 0.309 e. The molecule has 6 nitrogen and oxygen atoms in total. The van der Waals surface area contributed by atoms with E-state index in [9.17, 15) is 24.6 Å². The third-order valence-corrected chi connectivity index (χ3v) is 6.68. The molecule has 0 aliphatic carbocycles. The fourth-order valence-electron chi connectivity index (χ4n) is 4.38. The van der Waals surface area contributed by atoms with E-state index in [4.69, 9.17) is 11.6 Å². The maximum atomic E-state index is 12.7. The monoisotopic (exact) mass is 491 g/mol. The van der Waals surface area contributed by atoms with E-state index in [1.807, 2.05) is 55.5 Å². The predicted octanol–water partition coefficient (Wildman–Crippen LogP) is 5.00. The standard InChI is InChI=1S/C28H26ClNO5/c1-17-2-12-22-24(16-17)27(33)30(26(22)32)15-14-23(28(34)35)25(31)13-5-18-3-6-19(7-4-18)20-8-10-21(29)11-9-20/h2-4,6-12,16,23,25,31H,5,13-15H2,1H3,(H,34,35)/t23?,25-/m1/s1. The van der Waals surface area contributed by atoms with Crippen molar-refractivity contribution in [3.63, 3.8) is 0 Å². The van der Waals surface area contributed by atoms with Crippen molar-refractivity contribution in [3.05, 3.63) is 94.0 Å². The first-order chi connectivity index (χ1) is 16.7. The number of carbonyl (C=O) groups excluding carboxylic acids is 2. The number of carboxylic acid groups (broad SMARTS) is 1. The van der Waals surface area contributed by atoms with Crippen molar-refractivity contribution < 1.29 is 24.6 Å². The van der Waals surface area contributed by atoms with Crippen LogP contribution in [0.3, 0.4) is 0 Å². The van der Waals surface area contributed by atoms with Gasteiger partial charge in [0.05, 0.1) is 23.1 Å². The molecule has 0 saturated carbocycles. The van der Waals surface area contributed by atoms with E-state index in [0.29, 0.717) is 22.6 Å². The van der Waals surface area contributed by atoms with Gasteiger partial charge in [-0.3, -0.25) is 19.3 Å².